The van der Waals surface area contributed by atoms with E-state index in [1.807, 2.05) is 5.32 Å². The van der Waals surface area contributed by atoms with E-state index in [-0.39, 0.29) is 11.6 Å². The number of carbonyl (C=O) groups is 4. The summed E-state index contributed by atoms with van der Waals surface area (Å²) in [6.45, 7) is 3.52. The average Bonchev–Trinajstić information content (AvgIpc) is 3.24. The summed E-state index contributed by atoms with van der Waals surface area (Å²) in [6, 6.07) is 3.25. The molecule has 0 fully saturated rings. The molecule has 13 nitrogen and oxygen atoms in total. The van der Waals surface area contributed by atoms with Crippen molar-refractivity contribution >= 4 is 29.6 Å². The van der Waals surface area contributed by atoms with Crippen LogP contribution >= 0.6 is 0 Å². The van der Waals surface area contributed by atoms with Crippen molar-refractivity contribution in [2.75, 3.05) is 18.5 Å². The first-order valence-electron chi connectivity index (χ1n) is 10.0. The van der Waals surface area contributed by atoms with Crippen LogP contribution < -0.4 is 16.0 Å². The number of ether oxygens (including phenoxy) is 1. The Morgan fingerprint density at radius 1 is 1.03 bits per heavy atom. The van der Waals surface area contributed by atoms with Crippen LogP contribution in [0.2, 0.25) is 0 Å². The SMILES string of the molecule is CC(C)(C)OC(=O)Nc1ccc(-c2nc(C(=O)N[C@@H](CO)C(=O)N[C@@H](CO)C(=O)O)co2)cc1. The zero-order chi connectivity index (χ0) is 25.5. The van der Waals surface area contributed by atoms with Crippen molar-refractivity contribution in [3.8, 4) is 11.5 Å². The first kappa shape index (κ1) is 26.3. The monoisotopic (exact) mass is 478 g/mol. The van der Waals surface area contributed by atoms with Crippen LogP contribution in [0, 0.1) is 0 Å². The van der Waals surface area contributed by atoms with Gasteiger partial charge in [0.2, 0.25) is 11.8 Å². The van der Waals surface area contributed by atoms with E-state index in [9.17, 15) is 24.3 Å². The first-order chi connectivity index (χ1) is 15.9. The summed E-state index contributed by atoms with van der Waals surface area (Å²) in [6.07, 6.45) is 0.420. The smallest absolute Gasteiger partial charge is 0.412 e. The van der Waals surface area contributed by atoms with Crippen LogP contribution in [-0.4, -0.2) is 75.1 Å². The minimum Gasteiger partial charge on any atom is -0.480 e. The molecule has 0 aliphatic carbocycles. The molecule has 34 heavy (non-hydrogen) atoms. The third kappa shape index (κ3) is 7.56. The van der Waals surface area contributed by atoms with Gasteiger partial charge >= 0.3 is 12.1 Å². The van der Waals surface area contributed by atoms with Gasteiger partial charge in [-0.05, 0) is 45.0 Å². The summed E-state index contributed by atoms with van der Waals surface area (Å²) >= 11 is 0. The van der Waals surface area contributed by atoms with Crippen LogP contribution in [0.4, 0.5) is 10.5 Å². The Balaban J connectivity index is 2.02. The number of anilines is 1. The highest BCUT2D eigenvalue weighted by molar-refractivity contribution is 5.97. The average molecular weight is 478 g/mol. The lowest BCUT2D eigenvalue weighted by atomic mass is 10.2. The zero-order valence-electron chi connectivity index (χ0n) is 18.7. The van der Waals surface area contributed by atoms with E-state index >= 15 is 0 Å². The van der Waals surface area contributed by atoms with E-state index in [0.717, 1.165) is 6.26 Å². The van der Waals surface area contributed by atoms with Gasteiger partial charge in [0, 0.05) is 11.3 Å². The first-order valence-corrected chi connectivity index (χ1v) is 10.0. The van der Waals surface area contributed by atoms with Crippen molar-refractivity contribution < 1.29 is 43.7 Å². The number of aliphatic carboxylic acids is 1. The van der Waals surface area contributed by atoms with E-state index in [4.69, 9.17) is 19.4 Å². The van der Waals surface area contributed by atoms with Crippen LogP contribution in [0.15, 0.2) is 34.9 Å². The number of carboxylic acids is 1. The topological polar surface area (TPSA) is 200 Å². The standard InChI is InChI=1S/C21H26N4O9/c1-21(2,3)34-20(32)22-12-6-4-11(5-7-12)18-25-15(10-33-18)17(29)23-13(8-26)16(28)24-14(9-27)19(30)31/h4-7,10,13-14,26-27H,8-9H2,1-3H3,(H,22,32)(H,23,29)(H,24,28)(H,30,31)/t13-,14-/m0/s1. The third-order valence-corrected chi connectivity index (χ3v) is 4.12. The maximum atomic E-state index is 12.4. The minimum absolute atomic E-state index is 0.0742. The highest BCUT2D eigenvalue weighted by Crippen LogP contribution is 2.21. The Kier molecular flexibility index (Phi) is 8.70. The predicted molar refractivity (Wildman–Crippen MR) is 117 cm³/mol. The van der Waals surface area contributed by atoms with Crippen LogP contribution in [-0.2, 0) is 14.3 Å². The molecule has 1 aromatic carbocycles. The summed E-state index contributed by atoms with van der Waals surface area (Å²) in [4.78, 5) is 51.3. The Morgan fingerprint density at radius 3 is 2.18 bits per heavy atom. The Morgan fingerprint density at radius 2 is 1.65 bits per heavy atom. The molecule has 6 N–H and O–H groups in total. The molecule has 0 aliphatic heterocycles. The predicted octanol–water partition coefficient (Wildman–Crippen LogP) is 0.341. The second-order valence-electron chi connectivity index (χ2n) is 8.03. The number of aromatic nitrogens is 1. The van der Waals surface area contributed by atoms with Crippen molar-refractivity contribution in [1.82, 2.24) is 15.6 Å². The fourth-order valence-corrected chi connectivity index (χ4v) is 2.51. The number of rotatable bonds is 9. The maximum absolute atomic E-state index is 12.4. The number of hydrogen-bond donors (Lipinski definition) is 6. The van der Waals surface area contributed by atoms with E-state index in [2.05, 4.69) is 15.6 Å². The van der Waals surface area contributed by atoms with Crippen LogP contribution in [0.1, 0.15) is 31.3 Å². The molecule has 13 heteroatoms. The van der Waals surface area contributed by atoms with Gasteiger partial charge < -0.3 is 35.1 Å². The third-order valence-electron chi connectivity index (χ3n) is 4.12. The lowest BCUT2D eigenvalue weighted by Gasteiger charge is -2.19. The molecule has 0 saturated carbocycles. The summed E-state index contributed by atoms with van der Waals surface area (Å²) in [7, 11) is 0. The highest BCUT2D eigenvalue weighted by atomic mass is 16.6. The van der Waals surface area contributed by atoms with Crippen molar-refractivity contribution in [2.45, 2.75) is 38.5 Å². The van der Waals surface area contributed by atoms with Gasteiger partial charge in [-0.1, -0.05) is 0 Å². The van der Waals surface area contributed by atoms with Gasteiger partial charge in [0.25, 0.3) is 5.91 Å². The Bertz CT molecular complexity index is 1030. The Hall–Kier alpha value is -3.97. The lowest BCUT2D eigenvalue weighted by molar-refractivity contribution is -0.143. The number of aliphatic hydroxyl groups is 2. The van der Waals surface area contributed by atoms with Crippen molar-refractivity contribution in [1.29, 1.82) is 0 Å². The van der Waals surface area contributed by atoms with E-state index in [1.165, 1.54) is 0 Å². The molecule has 0 aliphatic rings. The molecule has 3 amide bonds. The molecule has 2 aromatic rings. The summed E-state index contributed by atoms with van der Waals surface area (Å²) in [5.74, 6) is -3.27. The van der Waals surface area contributed by atoms with Gasteiger partial charge in [-0.2, -0.15) is 0 Å². The molecule has 2 atom stereocenters. The number of nitrogens with one attached hydrogen (secondary N) is 3. The van der Waals surface area contributed by atoms with Gasteiger partial charge in [-0.25, -0.2) is 14.6 Å². The molecule has 0 radical (unpaired) electrons. The van der Waals surface area contributed by atoms with E-state index in [1.54, 1.807) is 45.0 Å². The van der Waals surface area contributed by atoms with Gasteiger partial charge in [0.1, 0.15) is 23.9 Å². The van der Waals surface area contributed by atoms with Crippen LogP contribution in [0.25, 0.3) is 11.5 Å². The number of hydrogen-bond acceptors (Lipinski definition) is 9. The van der Waals surface area contributed by atoms with Gasteiger partial charge in [0.05, 0.1) is 13.2 Å². The quantitative estimate of drug-likeness (QED) is 0.292. The molecule has 0 unspecified atom stereocenters. The maximum Gasteiger partial charge on any atom is 0.412 e. The molecular formula is C21H26N4O9. The molecule has 0 spiro atoms. The van der Waals surface area contributed by atoms with E-state index in [0.29, 0.717) is 11.3 Å². The molecular weight excluding hydrogens is 452 g/mol. The number of carboxylic acid groups (broad SMARTS) is 1. The number of benzene rings is 1. The number of amides is 3. The Labute approximate surface area is 194 Å². The lowest BCUT2D eigenvalue weighted by Crippen LogP contribution is -2.54. The number of carbonyl (C=O) groups excluding carboxylic acids is 3. The largest absolute Gasteiger partial charge is 0.480 e. The molecule has 0 saturated heterocycles. The van der Waals surface area contributed by atoms with Gasteiger partial charge in [-0.3, -0.25) is 14.9 Å². The molecule has 1 heterocycles. The van der Waals surface area contributed by atoms with Crippen molar-refractivity contribution in [2.24, 2.45) is 0 Å². The summed E-state index contributed by atoms with van der Waals surface area (Å²) in [5, 5.41) is 34.0. The molecule has 184 valence electrons. The number of nitrogens with zero attached hydrogens (tertiary/aromatic N) is 1. The second kappa shape index (κ2) is 11.2. The molecule has 1 aromatic heterocycles. The second-order valence-corrected chi connectivity index (χ2v) is 8.03. The molecule has 0 bridgehead atoms. The van der Waals surface area contributed by atoms with Gasteiger partial charge in [0.15, 0.2) is 5.69 Å². The van der Waals surface area contributed by atoms with E-state index < -0.39 is 54.8 Å². The van der Waals surface area contributed by atoms with Crippen molar-refractivity contribution in [3.63, 3.8) is 0 Å². The minimum atomic E-state index is -1.59. The molecule has 2 rings (SSSR count). The normalized spacial score (nSPS) is 12.9. The fraction of sp³-hybridized carbons (Fsp3) is 0.381. The van der Waals surface area contributed by atoms with Gasteiger partial charge in [-0.15, -0.1) is 0 Å². The zero-order valence-corrected chi connectivity index (χ0v) is 18.7. The highest BCUT2D eigenvalue weighted by Gasteiger charge is 2.27. The van der Waals surface area contributed by atoms with Crippen LogP contribution in [0.3, 0.4) is 0 Å². The van der Waals surface area contributed by atoms with Crippen LogP contribution in [0.5, 0.6) is 0 Å². The fourth-order valence-electron chi connectivity index (χ4n) is 2.51. The number of oxazole rings is 1. The number of aliphatic hydroxyl groups excluding tert-OH is 2. The summed E-state index contributed by atoms with van der Waals surface area (Å²) < 4.78 is 10.5. The van der Waals surface area contributed by atoms with Crippen molar-refractivity contribution in [3.05, 3.63) is 36.2 Å². The summed E-state index contributed by atoms with van der Waals surface area (Å²) in [5.41, 5.74) is 0.0968.